The first-order chi connectivity index (χ1) is 9.47. The third-order valence-corrected chi connectivity index (χ3v) is 14.3. The number of hydrogen-bond donors (Lipinski definition) is 1. The molecule has 0 amide bonds. The standard InChI is InChI=1S/C17H38O3Si2/c1-12-17(18,13-19-21(8,9)15(2,3)4)14-20-22(10,11)16(5,6)7/h12,18H,1,13-14H2,2-11H3. The average Bonchev–Trinajstić information content (AvgIpc) is 2.31. The third kappa shape index (κ3) is 5.92. The van der Waals surface area contributed by atoms with Crippen LogP contribution in [0.5, 0.6) is 0 Å². The van der Waals surface area contributed by atoms with Gasteiger partial charge in [0.05, 0.1) is 13.2 Å². The van der Waals surface area contributed by atoms with Crippen LogP contribution in [0.3, 0.4) is 0 Å². The highest BCUT2D eigenvalue weighted by Crippen LogP contribution is 2.38. The smallest absolute Gasteiger partial charge is 0.192 e. The van der Waals surface area contributed by atoms with Crippen molar-refractivity contribution in [2.24, 2.45) is 0 Å². The monoisotopic (exact) mass is 346 g/mol. The van der Waals surface area contributed by atoms with Crippen molar-refractivity contribution in [3.63, 3.8) is 0 Å². The molecule has 3 nitrogen and oxygen atoms in total. The van der Waals surface area contributed by atoms with Crippen molar-refractivity contribution in [3.05, 3.63) is 12.7 Å². The van der Waals surface area contributed by atoms with E-state index in [9.17, 15) is 5.11 Å². The summed E-state index contributed by atoms with van der Waals surface area (Å²) in [7, 11) is -3.79. The van der Waals surface area contributed by atoms with Crippen LogP contribution in [0.15, 0.2) is 12.7 Å². The van der Waals surface area contributed by atoms with Gasteiger partial charge >= 0.3 is 0 Å². The molecule has 0 aromatic carbocycles. The van der Waals surface area contributed by atoms with Crippen LogP contribution in [-0.4, -0.2) is 40.6 Å². The molecule has 0 aliphatic heterocycles. The van der Waals surface area contributed by atoms with Crippen LogP contribution in [0.1, 0.15) is 41.5 Å². The van der Waals surface area contributed by atoms with Gasteiger partial charge in [-0.05, 0) is 36.3 Å². The van der Waals surface area contributed by atoms with Crippen LogP contribution in [0.25, 0.3) is 0 Å². The lowest BCUT2D eigenvalue weighted by Crippen LogP contribution is -2.50. The van der Waals surface area contributed by atoms with E-state index in [0.717, 1.165) is 0 Å². The molecule has 0 unspecified atom stereocenters. The Morgan fingerprint density at radius 2 is 1.09 bits per heavy atom. The predicted molar refractivity (Wildman–Crippen MR) is 101 cm³/mol. The van der Waals surface area contributed by atoms with E-state index < -0.39 is 22.2 Å². The first kappa shape index (κ1) is 22.1. The van der Waals surface area contributed by atoms with Gasteiger partial charge in [-0.2, -0.15) is 0 Å². The topological polar surface area (TPSA) is 38.7 Å². The van der Waals surface area contributed by atoms with Crippen molar-refractivity contribution < 1.29 is 14.0 Å². The summed E-state index contributed by atoms with van der Waals surface area (Å²) in [5.74, 6) is 0. The first-order valence-electron chi connectivity index (χ1n) is 8.11. The maximum atomic E-state index is 10.8. The molecule has 1 N–H and O–H groups in total. The molecule has 0 atom stereocenters. The van der Waals surface area contributed by atoms with Crippen molar-refractivity contribution in [2.75, 3.05) is 13.2 Å². The summed E-state index contributed by atoms with van der Waals surface area (Å²) in [6, 6.07) is 0. The van der Waals surface area contributed by atoms with Gasteiger partial charge in [0.15, 0.2) is 16.6 Å². The van der Waals surface area contributed by atoms with Gasteiger partial charge in [-0.25, -0.2) is 0 Å². The summed E-state index contributed by atoms with van der Waals surface area (Å²) < 4.78 is 12.3. The van der Waals surface area contributed by atoms with Crippen molar-refractivity contribution in [2.45, 2.75) is 83.4 Å². The van der Waals surface area contributed by atoms with Gasteiger partial charge in [0, 0.05) is 0 Å². The van der Waals surface area contributed by atoms with Crippen LogP contribution < -0.4 is 0 Å². The molecule has 0 spiro atoms. The van der Waals surface area contributed by atoms with Gasteiger partial charge in [-0.3, -0.25) is 0 Å². The van der Waals surface area contributed by atoms with Gasteiger partial charge in [-0.15, -0.1) is 6.58 Å². The van der Waals surface area contributed by atoms with E-state index in [-0.39, 0.29) is 23.3 Å². The Morgan fingerprint density at radius 3 is 1.27 bits per heavy atom. The zero-order valence-electron chi connectivity index (χ0n) is 16.5. The van der Waals surface area contributed by atoms with E-state index in [1.807, 2.05) is 0 Å². The minimum Gasteiger partial charge on any atom is -0.413 e. The first-order valence-corrected chi connectivity index (χ1v) is 13.9. The van der Waals surface area contributed by atoms with Gasteiger partial charge in [0.2, 0.25) is 0 Å². The van der Waals surface area contributed by atoms with E-state index in [2.05, 4.69) is 74.3 Å². The van der Waals surface area contributed by atoms with Crippen molar-refractivity contribution >= 4 is 16.6 Å². The zero-order valence-corrected chi connectivity index (χ0v) is 18.5. The Kier molecular flexibility index (Phi) is 6.91. The lowest BCUT2D eigenvalue weighted by molar-refractivity contribution is -0.00871. The predicted octanol–water partition coefficient (Wildman–Crippen LogP) is 4.95. The zero-order chi connectivity index (χ0) is 18.0. The number of rotatable bonds is 7. The molecule has 0 aromatic heterocycles. The Morgan fingerprint density at radius 1 is 0.818 bits per heavy atom. The molecule has 0 aliphatic carbocycles. The minimum absolute atomic E-state index is 0.120. The quantitative estimate of drug-likeness (QED) is 0.524. The molecular formula is C17H38O3Si2. The normalized spacial score (nSPS) is 15.0. The molecular weight excluding hydrogens is 308 g/mol. The van der Waals surface area contributed by atoms with E-state index in [0.29, 0.717) is 0 Å². The van der Waals surface area contributed by atoms with Crippen LogP contribution in [-0.2, 0) is 8.85 Å². The Labute approximate surface area is 140 Å². The number of hydrogen-bond acceptors (Lipinski definition) is 3. The SMILES string of the molecule is C=CC(O)(CO[Si](C)(C)C(C)(C)C)CO[Si](C)(C)C(C)(C)C. The summed E-state index contributed by atoms with van der Waals surface area (Å²) in [6.07, 6.45) is 1.56. The van der Waals surface area contributed by atoms with Gasteiger partial charge in [-0.1, -0.05) is 47.6 Å². The highest BCUT2D eigenvalue weighted by molar-refractivity contribution is 6.74. The van der Waals surface area contributed by atoms with Crippen LogP contribution in [0.4, 0.5) is 0 Å². The Bertz CT molecular complexity index is 346. The summed E-state index contributed by atoms with van der Waals surface area (Å²) in [5.41, 5.74) is -1.12. The third-order valence-electron chi connectivity index (χ3n) is 5.36. The fourth-order valence-corrected chi connectivity index (χ4v) is 3.29. The van der Waals surface area contributed by atoms with Crippen molar-refractivity contribution in [3.8, 4) is 0 Å². The molecule has 0 saturated heterocycles. The summed E-state index contributed by atoms with van der Waals surface area (Å²) in [6.45, 7) is 26.2. The fourth-order valence-electron chi connectivity index (χ4n) is 1.20. The molecule has 5 heteroatoms. The molecule has 0 radical (unpaired) electrons. The second-order valence-electron chi connectivity index (χ2n) is 9.41. The van der Waals surface area contributed by atoms with Crippen LogP contribution >= 0.6 is 0 Å². The summed E-state index contributed by atoms with van der Waals surface area (Å²) >= 11 is 0. The van der Waals surface area contributed by atoms with Crippen LogP contribution in [0.2, 0.25) is 36.3 Å². The maximum Gasteiger partial charge on any atom is 0.192 e. The average molecular weight is 347 g/mol. The maximum absolute atomic E-state index is 10.8. The van der Waals surface area contributed by atoms with Gasteiger partial charge < -0.3 is 14.0 Å². The minimum atomic E-state index is -1.89. The lowest BCUT2D eigenvalue weighted by atomic mass is 10.1. The Balaban J connectivity index is 4.85. The summed E-state index contributed by atoms with van der Waals surface area (Å²) in [4.78, 5) is 0. The molecule has 0 rings (SSSR count). The van der Waals surface area contributed by atoms with Gasteiger partial charge in [0.1, 0.15) is 5.60 Å². The van der Waals surface area contributed by atoms with Gasteiger partial charge in [0.25, 0.3) is 0 Å². The second-order valence-corrected chi connectivity index (χ2v) is 19.0. The molecule has 0 aromatic rings. The number of aliphatic hydroxyl groups is 1. The van der Waals surface area contributed by atoms with E-state index in [1.54, 1.807) is 6.08 Å². The van der Waals surface area contributed by atoms with E-state index in [1.165, 1.54) is 0 Å². The molecule has 132 valence electrons. The Hall–Kier alpha value is 0.0538. The van der Waals surface area contributed by atoms with Crippen molar-refractivity contribution in [1.29, 1.82) is 0 Å². The highest BCUT2D eigenvalue weighted by atomic mass is 28.4. The van der Waals surface area contributed by atoms with E-state index >= 15 is 0 Å². The van der Waals surface area contributed by atoms with Crippen LogP contribution in [0, 0.1) is 0 Å². The van der Waals surface area contributed by atoms with Crippen molar-refractivity contribution in [1.82, 2.24) is 0 Å². The molecule has 22 heavy (non-hydrogen) atoms. The molecule has 0 fully saturated rings. The largest absolute Gasteiger partial charge is 0.413 e. The second kappa shape index (κ2) is 6.89. The fraction of sp³-hybridized carbons (Fsp3) is 0.882. The summed E-state index contributed by atoms with van der Waals surface area (Å²) in [5, 5.41) is 11.0. The molecule has 0 aliphatic rings. The molecule has 0 saturated carbocycles. The molecule has 0 heterocycles. The molecule has 0 bridgehead atoms. The highest BCUT2D eigenvalue weighted by Gasteiger charge is 2.42. The van der Waals surface area contributed by atoms with E-state index in [4.69, 9.17) is 8.85 Å². The lowest BCUT2D eigenvalue weighted by Gasteiger charge is -2.41.